The predicted octanol–water partition coefficient (Wildman–Crippen LogP) is 3.48. The maximum Gasteiger partial charge on any atom is 0.336 e. The number of nitrogen functional groups attached to an aromatic ring is 1. The van der Waals surface area contributed by atoms with Crippen LogP contribution in [0.2, 0.25) is 0 Å². The fourth-order valence-electron chi connectivity index (χ4n) is 2.35. The Labute approximate surface area is 136 Å². The van der Waals surface area contributed by atoms with Crippen molar-refractivity contribution in [2.24, 2.45) is 0 Å². The minimum absolute atomic E-state index is 0.286. The summed E-state index contributed by atoms with van der Waals surface area (Å²) >= 11 is 0. The summed E-state index contributed by atoms with van der Waals surface area (Å²) in [5.74, 6) is 0. The second-order valence-corrected chi connectivity index (χ2v) is 5.30. The molecule has 0 atom stereocenters. The van der Waals surface area contributed by atoms with E-state index < -0.39 is 0 Å². The molecule has 2 aromatic carbocycles. The maximum absolute atomic E-state index is 10.9. The first-order chi connectivity index (χ1) is 11.5. The van der Waals surface area contributed by atoms with Gasteiger partial charge >= 0.3 is 11.3 Å². The molecule has 0 unspecified atom stereocenters. The van der Waals surface area contributed by atoms with Crippen molar-refractivity contribution in [3.05, 3.63) is 87.1 Å². The van der Waals surface area contributed by atoms with Gasteiger partial charge in [-0.25, -0.2) is 9.59 Å². The van der Waals surface area contributed by atoms with E-state index in [4.69, 9.17) is 14.6 Å². The van der Waals surface area contributed by atoms with Crippen molar-refractivity contribution in [3.8, 4) is 0 Å². The monoisotopic (exact) mass is 321 g/mol. The van der Waals surface area contributed by atoms with Crippen LogP contribution in [0, 0.1) is 6.92 Å². The summed E-state index contributed by atoms with van der Waals surface area (Å²) in [7, 11) is 0. The van der Waals surface area contributed by atoms with Gasteiger partial charge < -0.3 is 14.6 Å². The Kier molecular flexibility index (Phi) is 4.16. The standard InChI is InChI=1S/C10H8O2.C9H7NO2/c1-7-6-10(11)12-9-5-3-2-4-8(7)9;10-7-3-1-6-2-4-9(11)12-8(6)5-7/h2-6H,1H3;1-5H,10H2. The molecule has 0 aliphatic heterocycles. The van der Waals surface area contributed by atoms with E-state index in [1.807, 2.05) is 31.2 Å². The van der Waals surface area contributed by atoms with Gasteiger partial charge in [-0.15, -0.1) is 0 Å². The van der Waals surface area contributed by atoms with Gasteiger partial charge in [0.25, 0.3) is 0 Å². The summed E-state index contributed by atoms with van der Waals surface area (Å²) < 4.78 is 9.89. The molecule has 120 valence electrons. The van der Waals surface area contributed by atoms with Gasteiger partial charge in [0.1, 0.15) is 11.2 Å². The van der Waals surface area contributed by atoms with Crippen LogP contribution < -0.4 is 17.0 Å². The zero-order valence-electron chi connectivity index (χ0n) is 13.0. The van der Waals surface area contributed by atoms with Gasteiger partial charge in [-0.05, 0) is 36.8 Å². The van der Waals surface area contributed by atoms with Crippen LogP contribution in [-0.4, -0.2) is 0 Å². The largest absolute Gasteiger partial charge is 0.423 e. The highest BCUT2D eigenvalue weighted by atomic mass is 16.4. The summed E-state index contributed by atoms with van der Waals surface area (Å²) in [5.41, 5.74) is 7.61. The number of rotatable bonds is 0. The minimum Gasteiger partial charge on any atom is -0.423 e. The Balaban J connectivity index is 0.000000141. The predicted molar refractivity (Wildman–Crippen MR) is 94.1 cm³/mol. The normalized spacial score (nSPS) is 10.4. The number of nitrogens with two attached hydrogens (primary N) is 1. The van der Waals surface area contributed by atoms with E-state index in [2.05, 4.69) is 0 Å². The lowest BCUT2D eigenvalue weighted by Gasteiger charge is -1.97. The average molecular weight is 321 g/mol. The third-order valence-corrected chi connectivity index (χ3v) is 3.50. The molecule has 0 aliphatic carbocycles. The van der Waals surface area contributed by atoms with E-state index in [0.29, 0.717) is 16.9 Å². The van der Waals surface area contributed by atoms with Gasteiger partial charge in [0.2, 0.25) is 0 Å². The highest BCUT2D eigenvalue weighted by Crippen LogP contribution is 2.15. The van der Waals surface area contributed by atoms with E-state index in [-0.39, 0.29) is 11.3 Å². The summed E-state index contributed by atoms with van der Waals surface area (Å²) in [6, 6.07) is 17.3. The number of fused-ring (bicyclic) bond motifs is 2. The third-order valence-electron chi connectivity index (χ3n) is 3.50. The summed E-state index contributed by atoms with van der Waals surface area (Å²) in [5, 5.41) is 1.88. The summed E-state index contributed by atoms with van der Waals surface area (Å²) in [6.07, 6.45) is 0. The number of benzene rings is 2. The third kappa shape index (κ3) is 3.35. The van der Waals surface area contributed by atoms with Crippen LogP contribution in [0.1, 0.15) is 5.56 Å². The van der Waals surface area contributed by atoms with Crippen molar-refractivity contribution in [2.75, 3.05) is 5.73 Å². The molecule has 4 rings (SSSR count). The number of hydrogen-bond acceptors (Lipinski definition) is 5. The molecule has 2 aromatic heterocycles. The lowest BCUT2D eigenvalue weighted by molar-refractivity contribution is 0.560. The van der Waals surface area contributed by atoms with Crippen LogP contribution in [0.5, 0.6) is 0 Å². The molecule has 2 N–H and O–H groups in total. The first-order valence-electron chi connectivity index (χ1n) is 7.32. The van der Waals surface area contributed by atoms with E-state index in [9.17, 15) is 9.59 Å². The number of para-hydroxylation sites is 1. The summed E-state index contributed by atoms with van der Waals surface area (Å²) in [4.78, 5) is 21.7. The van der Waals surface area contributed by atoms with Gasteiger partial charge in [0.15, 0.2) is 0 Å². The van der Waals surface area contributed by atoms with Crippen molar-refractivity contribution < 1.29 is 8.83 Å². The van der Waals surface area contributed by atoms with Gasteiger partial charge in [0, 0.05) is 34.7 Å². The number of anilines is 1. The van der Waals surface area contributed by atoms with Gasteiger partial charge in [-0.3, -0.25) is 0 Å². The van der Waals surface area contributed by atoms with Crippen LogP contribution in [0.4, 0.5) is 5.69 Å². The van der Waals surface area contributed by atoms with Crippen LogP contribution in [0.25, 0.3) is 21.9 Å². The Hall–Kier alpha value is -3.34. The summed E-state index contributed by atoms with van der Waals surface area (Å²) in [6.45, 7) is 1.90. The Morgan fingerprint density at radius 2 is 1.50 bits per heavy atom. The molecule has 0 radical (unpaired) electrons. The molecule has 0 fully saturated rings. The fraction of sp³-hybridized carbons (Fsp3) is 0.0526. The minimum atomic E-state index is -0.354. The SMILES string of the molecule is Cc1cc(=O)oc2ccccc12.Nc1ccc2ccc(=O)oc2c1. The van der Waals surface area contributed by atoms with Crippen LogP contribution >= 0.6 is 0 Å². The zero-order valence-corrected chi connectivity index (χ0v) is 13.0. The quantitative estimate of drug-likeness (QED) is 0.396. The molecule has 0 saturated carbocycles. The molecular formula is C19H15NO4. The van der Waals surface area contributed by atoms with E-state index in [0.717, 1.165) is 16.3 Å². The molecule has 0 aliphatic rings. The van der Waals surface area contributed by atoms with E-state index in [1.165, 1.54) is 12.1 Å². The van der Waals surface area contributed by atoms with Crippen molar-refractivity contribution in [3.63, 3.8) is 0 Å². The lowest BCUT2D eigenvalue weighted by atomic mass is 10.1. The maximum atomic E-state index is 10.9. The Bertz CT molecular complexity index is 1120. The smallest absolute Gasteiger partial charge is 0.336 e. The van der Waals surface area contributed by atoms with Gasteiger partial charge in [0.05, 0.1) is 0 Å². The highest BCUT2D eigenvalue weighted by molar-refractivity contribution is 5.80. The molecule has 24 heavy (non-hydrogen) atoms. The van der Waals surface area contributed by atoms with Crippen LogP contribution in [0.3, 0.4) is 0 Å². The molecule has 0 saturated heterocycles. The zero-order chi connectivity index (χ0) is 17.1. The molecule has 5 heteroatoms. The molecule has 5 nitrogen and oxygen atoms in total. The number of hydrogen-bond donors (Lipinski definition) is 1. The Morgan fingerprint density at radius 3 is 2.33 bits per heavy atom. The lowest BCUT2D eigenvalue weighted by Crippen LogP contribution is -1.97. The first kappa shape index (κ1) is 15.6. The van der Waals surface area contributed by atoms with Crippen molar-refractivity contribution in [1.29, 1.82) is 0 Å². The molecule has 0 spiro atoms. The molecular weight excluding hydrogens is 306 g/mol. The number of aryl methyl sites for hydroxylation is 1. The molecule has 4 aromatic rings. The van der Waals surface area contributed by atoms with Crippen molar-refractivity contribution >= 4 is 27.6 Å². The van der Waals surface area contributed by atoms with Gasteiger partial charge in [-0.2, -0.15) is 0 Å². The second-order valence-electron chi connectivity index (χ2n) is 5.30. The van der Waals surface area contributed by atoms with Crippen LogP contribution in [-0.2, 0) is 0 Å². The van der Waals surface area contributed by atoms with Crippen molar-refractivity contribution in [2.45, 2.75) is 6.92 Å². The second kappa shape index (κ2) is 6.42. The highest BCUT2D eigenvalue weighted by Gasteiger charge is 1.98. The van der Waals surface area contributed by atoms with Crippen molar-refractivity contribution in [1.82, 2.24) is 0 Å². The Morgan fingerprint density at radius 1 is 0.792 bits per heavy atom. The molecule has 2 heterocycles. The average Bonchev–Trinajstić information content (AvgIpc) is 2.55. The van der Waals surface area contributed by atoms with E-state index in [1.54, 1.807) is 24.3 Å². The topological polar surface area (TPSA) is 86.4 Å². The molecule has 0 amide bonds. The first-order valence-corrected chi connectivity index (χ1v) is 7.32. The van der Waals surface area contributed by atoms with Crippen LogP contribution in [0.15, 0.2) is 79.1 Å². The fourth-order valence-corrected chi connectivity index (χ4v) is 2.35. The van der Waals surface area contributed by atoms with Gasteiger partial charge in [-0.1, -0.05) is 18.2 Å². The molecule has 0 bridgehead atoms. The van der Waals surface area contributed by atoms with E-state index >= 15 is 0 Å².